The minimum atomic E-state index is -0.493. The van der Waals surface area contributed by atoms with E-state index in [4.69, 9.17) is 9.84 Å². The molecule has 0 atom stereocenters. The summed E-state index contributed by atoms with van der Waals surface area (Å²) in [6.07, 6.45) is 1.53. The number of carbonyl (C=O) groups excluding carboxylic acids is 1. The molecule has 92 valence electrons. The largest absolute Gasteiger partial charge is 0.507 e. The van der Waals surface area contributed by atoms with Crippen molar-refractivity contribution in [2.75, 3.05) is 13.7 Å². The summed E-state index contributed by atoms with van der Waals surface area (Å²) in [4.78, 5) is 11.9. The minimum absolute atomic E-state index is 0.0799. The van der Waals surface area contributed by atoms with E-state index in [-0.39, 0.29) is 17.9 Å². The van der Waals surface area contributed by atoms with Gasteiger partial charge in [-0.3, -0.25) is 4.79 Å². The number of aromatic hydroxyl groups is 1. The monoisotopic (exact) mass is 237 g/mol. The first-order valence-electron chi connectivity index (χ1n) is 5.41. The van der Waals surface area contributed by atoms with Gasteiger partial charge in [0.25, 0.3) is 5.91 Å². The first-order chi connectivity index (χ1) is 8.10. The average molecular weight is 237 g/mol. The zero-order valence-electron chi connectivity index (χ0n) is 9.56. The average Bonchev–Trinajstić information content (AvgIpc) is 3.10. The normalized spacial score (nSPS) is 16.4. The number of ether oxygens (including phenoxy) is 1. The SMILES string of the molecule is COc1ccc(O)c(C(=O)NC2(CO)CC2)c1. The fourth-order valence-electron chi connectivity index (χ4n) is 1.61. The van der Waals surface area contributed by atoms with Gasteiger partial charge >= 0.3 is 0 Å². The molecule has 1 fully saturated rings. The van der Waals surface area contributed by atoms with Crippen LogP contribution in [-0.2, 0) is 0 Å². The Balaban J connectivity index is 2.18. The van der Waals surface area contributed by atoms with E-state index in [9.17, 15) is 9.90 Å². The lowest BCUT2D eigenvalue weighted by molar-refractivity contribution is 0.0903. The predicted octanol–water partition coefficient (Wildman–Crippen LogP) is 0.655. The maximum atomic E-state index is 11.9. The highest BCUT2D eigenvalue weighted by molar-refractivity contribution is 5.97. The van der Waals surface area contributed by atoms with Crippen LogP contribution < -0.4 is 10.1 Å². The van der Waals surface area contributed by atoms with E-state index < -0.39 is 11.4 Å². The van der Waals surface area contributed by atoms with E-state index in [1.165, 1.54) is 19.2 Å². The summed E-state index contributed by atoms with van der Waals surface area (Å²) in [5.74, 6) is 0.00628. The van der Waals surface area contributed by atoms with E-state index in [2.05, 4.69) is 5.32 Å². The molecule has 0 unspecified atom stereocenters. The summed E-state index contributed by atoms with van der Waals surface area (Å²) in [7, 11) is 1.49. The number of methoxy groups -OCH3 is 1. The van der Waals surface area contributed by atoms with E-state index in [1.54, 1.807) is 6.07 Å². The number of aliphatic hydroxyl groups excluding tert-OH is 1. The van der Waals surface area contributed by atoms with Gasteiger partial charge in [-0.15, -0.1) is 0 Å². The van der Waals surface area contributed by atoms with Crippen molar-refractivity contribution >= 4 is 5.91 Å². The van der Waals surface area contributed by atoms with Gasteiger partial charge in [-0.1, -0.05) is 0 Å². The Morgan fingerprint density at radius 1 is 1.53 bits per heavy atom. The zero-order chi connectivity index (χ0) is 12.5. The smallest absolute Gasteiger partial charge is 0.255 e. The van der Waals surface area contributed by atoms with Gasteiger partial charge in [0.05, 0.1) is 24.8 Å². The van der Waals surface area contributed by atoms with Crippen molar-refractivity contribution in [2.45, 2.75) is 18.4 Å². The van der Waals surface area contributed by atoms with Crippen molar-refractivity contribution in [1.29, 1.82) is 0 Å². The zero-order valence-corrected chi connectivity index (χ0v) is 9.56. The second-order valence-electron chi connectivity index (χ2n) is 4.28. The first-order valence-corrected chi connectivity index (χ1v) is 5.41. The highest BCUT2D eigenvalue weighted by atomic mass is 16.5. The van der Waals surface area contributed by atoms with Crippen LogP contribution in [0.1, 0.15) is 23.2 Å². The number of aliphatic hydroxyl groups is 1. The van der Waals surface area contributed by atoms with E-state index in [0.29, 0.717) is 5.75 Å². The maximum absolute atomic E-state index is 11.9. The highest BCUT2D eigenvalue weighted by Crippen LogP contribution is 2.35. The number of hydrogen-bond donors (Lipinski definition) is 3. The van der Waals surface area contributed by atoms with Crippen LogP contribution in [-0.4, -0.2) is 35.4 Å². The van der Waals surface area contributed by atoms with Gasteiger partial charge in [0, 0.05) is 0 Å². The summed E-state index contributed by atoms with van der Waals surface area (Å²) in [6.45, 7) is -0.0799. The molecule has 0 aromatic heterocycles. The molecule has 5 nitrogen and oxygen atoms in total. The van der Waals surface area contributed by atoms with Crippen molar-refractivity contribution in [2.24, 2.45) is 0 Å². The Morgan fingerprint density at radius 2 is 2.24 bits per heavy atom. The van der Waals surface area contributed by atoms with Crippen molar-refractivity contribution in [3.8, 4) is 11.5 Å². The number of nitrogens with one attached hydrogen (secondary N) is 1. The van der Waals surface area contributed by atoms with Gasteiger partial charge in [-0.2, -0.15) is 0 Å². The number of phenolic OH excluding ortho intramolecular Hbond substituents is 1. The Kier molecular flexibility index (Phi) is 2.93. The molecule has 1 amide bonds. The number of rotatable bonds is 4. The summed E-state index contributed by atoms with van der Waals surface area (Å²) >= 11 is 0. The molecule has 0 radical (unpaired) electrons. The third-order valence-electron chi connectivity index (χ3n) is 2.98. The standard InChI is InChI=1S/C12H15NO4/c1-17-8-2-3-10(15)9(6-8)11(16)13-12(7-14)4-5-12/h2-3,6,14-15H,4-5,7H2,1H3,(H,13,16). The van der Waals surface area contributed by atoms with Crippen molar-refractivity contribution < 1.29 is 19.7 Å². The molecule has 1 saturated carbocycles. The van der Waals surface area contributed by atoms with Crippen LogP contribution >= 0.6 is 0 Å². The van der Waals surface area contributed by atoms with Gasteiger partial charge in [0.15, 0.2) is 0 Å². The molecule has 1 aliphatic carbocycles. The number of hydrogen-bond acceptors (Lipinski definition) is 4. The van der Waals surface area contributed by atoms with Gasteiger partial charge in [-0.05, 0) is 31.0 Å². The van der Waals surface area contributed by atoms with Gasteiger partial charge in [0.2, 0.25) is 0 Å². The molecule has 1 aliphatic rings. The number of amides is 1. The van der Waals surface area contributed by atoms with Crippen molar-refractivity contribution in [3.63, 3.8) is 0 Å². The van der Waals surface area contributed by atoms with Crippen LogP contribution in [0.15, 0.2) is 18.2 Å². The lowest BCUT2D eigenvalue weighted by Gasteiger charge is -2.15. The minimum Gasteiger partial charge on any atom is -0.507 e. The van der Waals surface area contributed by atoms with Crippen molar-refractivity contribution in [3.05, 3.63) is 23.8 Å². The summed E-state index contributed by atoms with van der Waals surface area (Å²) in [5.41, 5.74) is -0.337. The fourth-order valence-corrected chi connectivity index (χ4v) is 1.61. The molecular weight excluding hydrogens is 222 g/mol. The number of phenols is 1. The predicted molar refractivity (Wildman–Crippen MR) is 61.2 cm³/mol. The Hall–Kier alpha value is -1.75. The maximum Gasteiger partial charge on any atom is 0.255 e. The molecule has 0 heterocycles. The molecular formula is C12H15NO4. The van der Waals surface area contributed by atoms with Crippen LogP contribution in [0.3, 0.4) is 0 Å². The van der Waals surface area contributed by atoms with Crippen molar-refractivity contribution in [1.82, 2.24) is 5.32 Å². The highest BCUT2D eigenvalue weighted by Gasteiger charge is 2.43. The number of carbonyl (C=O) groups is 1. The molecule has 3 N–H and O–H groups in total. The summed E-state index contributed by atoms with van der Waals surface area (Å²) < 4.78 is 4.99. The molecule has 0 saturated heterocycles. The van der Waals surface area contributed by atoms with E-state index in [0.717, 1.165) is 12.8 Å². The quantitative estimate of drug-likeness (QED) is 0.718. The van der Waals surface area contributed by atoms with Gasteiger partial charge < -0.3 is 20.3 Å². The molecule has 1 aromatic rings. The lowest BCUT2D eigenvalue weighted by Crippen LogP contribution is -2.39. The molecule has 0 spiro atoms. The third-order valence-corrected chi connectivity index (χ3v) is 2.98. The Morgan fingerprint density at radius 3 is 2.76 bits per heavy atom. The van der Waals surface area contributed by atoms with Crippen LogP contribution in [0.4, 0.5) is 0 Å². The molecule has 17 heavy (non-hydrogen) atoms. The fraction of sp³-hybridized carbons (Fsp3) is 0.417. The van der Waals surface area contributed by atoms with E-state index >= 15 is 0 Å². The molecule has 0 bridgehead atoms. The second-order valence-corrected chi connectivity index (χ2v) is 4.28. The lowest BCUT2D eigenvalue weighted by atomic mass is 10.1. The summed E-state index contributed by atoms with van der Waals surface area (Å²) in [5, 5.41) is 21.5. The topological polar surface area (TPSA) is 78.8 Å². The van der Waals surface area contributed by atoms with E-state index in [1.807, 2.05) is 0 Å². The first kappa shape index (κ1) is 11.7. The Bertz CT molecular complexity index is 440. The molecule has 0 aliphatic heterocycles. The summed E-state index contributed by atoms with van der Waals surface area (Å²) in [6, 6.07) is 4.45. The molecule has 2 rings (SSSR count). The molecule has 5 heteroatoms. The second kappa shape index (κ2) is 4.25. The third kappa shape index (κ3) is 2.34. The van der Waals surface area contributed by atoms with Crippen LogP contribution in [0.2, 0.25) is 0 Å². The van der Waals surface area contributed by atoms with Gasteiger partial charge in [-0.25, -0.2) is 0 Å². The van der Waals surface area contributed by atoms with Crippen LogP contribution in [0, 0.1) is 0 Å². The molecule has 1 aromatic carbocycles. The Labute approximate surface area is 99.0 Å². The van der Waals surface area contributed by atoms with Gasteiger partial charge in [0.1, 0.15) is 11.5 Å². The van der Waals surface area contributed by atoms with Crippen LogP contribution in [0.25, 0.3) is 0 Å². The van der Waals surface area contributed by atoms with Crippen LogP contribution in [0.5, 0.6) is 11.5 Å². The number of benzene rings is 1.